The van der Waals surface area contributed by atoms with Gasteiger partial charge in [0.25, 0.3) is 0 Å². The Labute approximate surface area is 198 Å². The lowest BCUT2D eigenvalue weighted by molar-refractivity contribution is 0.0128. The third-order valence-electron chi connectivity index (χ3n) is 5.85. The molecule has 0 radical (unpaired) electrons. The predicted octanol–water partition coefficient (Wildman–Crippen LogP) is 7.71. The fourth-order valence-corrected chi connectivity index (χ4v) is 6.50. The summed E-state index contributed by atoms with van der Waals surface area (Å²) < 4.78 is 35.2. The first kappa shape index (κ1) is 21.8. The summed E-state index contributed by atoms with van der Waals surface area (Å²) in [7, 11) is -0.373. The molecule has 5 heteroatoms. The van der Waals surface area contributed by atoms with Gasteiger partial charge < -0.3 is 4.74 Å². The highest BCUT2D eigenvalue weighted by molar-refractivity contribution is 7.50. The molecule has 0 aliphatic rings. The van der Waals surface area contributed by atoms with Gasteiger partial charge in [-0.2, -0.15) is 0 Å². The number of carbonyl (C=O) groups excluding carboxylic acids is 1. The average Bonchev–Trinajstić information content (AvgIpc) is 3.20. The van der Waals surface area contributed by atoms with Crippen molar-refractivity contribution in [3.05, 3.63) is 114 Å². The Hall–Kier alpha value is -4.01. The van der Waals surface area contributed by atoms with E-state index in [1.54, 1.807) is 6.07 Å². The van der Waals surface area contributed by atoms with Gasteiger partial charge in [-0.25, -0.2) is 13.6 Å². The number of hydrogen-bond donors (Lipinski definition) is 0. The van der Waals surface area contributed by atoms with E-state index in [4.69, 9.17) is 11.2 Å². The van der Waals surface area contributed by atoms with Crippen LogP contribution in [0.2, 0.25) is 0 Å². The molecule has 0 saturated heterocycles. The first-order valence-corrected chi connectivity index (χ1v) is 11.8. The number of hydrogen-bond acceptors (Lipinski definition) is 2. The van der Waals surface area contributed by atoms with Crippen LogP contribution in [0.3, 0.4) is 0 Å². The Balaban J connectivity index is 1.56. The Morgan fingerprint density at radius 2 is 1.50 bits per heavy atom. The largest absolute Gasteiger partial charge is 0.438 e. The number of esters is 1. The smallest absolute Gasteiger partial charge is 0.340 e. The van der Waals surface area contributed by atoms with Gasteiger partial charge in [-0.3, -0.25) is 0 Å². The van der Waals surface area contributed by atoms with E-state index in [-0.39, 0.29) is 16.0 Å². The number of fused-ring (bicyclic) bond motifs is 3. The molecule has 34 heavy (non-hydrogen) atoms. The summed E-state index contributed by atoms with van der Waals surface area (Å²) in [6.45, 7) is 1.48. The number of carbonyl (C=O) groups is 1. The minimum Gasteiger partial charge on any atom is -0.438 e. The molecule has 0 aliphatic carbocycles. The van der Waals surface area contributed by atoms with Crippen LogP contribution in [0.15, 0.2) is 91.0 Å². The number of terminal acetylenes is 1. The van der Waals surface area contributed by atoms with Gasteiger partial charge in [-0.15, -0.1) is 6.42 Å². The van der Waals surface area contributed by atoms with Gasteiger partial charge in [0, 0.05) is 32.9 Å². The normalized spacial score (nSPS) is 12.9. The molecular weight excluding hydrogens is 450 g/mol. The van der Waals surface area contributed by atoms with Gasteiger partial charge in [0.15, 0.2) is 31.5 Å². The van der Waals surface area contributed by atoms with E-state index < -0.39 is 23.2 Å². The molecule has 4 aromatic carbocycles. The minimum absolute atomic E-state index is 0.180. The summed E-state index contributed by atoms with van der Waals surface area (Å²) in [4.78, 5) is 14.1. The molecule has 1 unspecified atom stereocenters. The van der Waals surface area contributed by atoms with Crippen LogP contribution in [0.4, 0.5) is 8.78 Å². The molecule has 0 saturated carbocycles. The van der Waals surface area contributed by atoms with Crippen molar-refractivity contribution in [2.45, 2.75) is 12.5 Å². The van der Waals surface area contributed by atoms with Crippen molar-refractivity contribution in [1.82, 2.24) is 0 Å². The highest BCUT2D eigenvalue weighted by Gasteiger charge is 2.31. The molecule has 0 amide bonds. The third-order valence-corrected chi connectivity index (χ3v) is 8.17. The molecule has 0 bridgehead atoms. The first-order chi connectivity index (χ1) is 16.4. The van der Waals surface area contributed by atoms with Crippen LogP contribution in [0, 0.1) is 24.0 Å². The predicted molar refractivity (Wildman–Crippen MR) is 133 cm³/mol. The second-order valence-corrected chi connectivity index (χ2v) is 9.99. The number of ether oxygens (including phenoxy) is 1. The second-order valence-electron chi connectivity index (χ2n) is 8.02. The van der Waals surface area contributed by atoms with Crippen LogP contribution >= 0.6 is 10.5 Å². The number of halogens is 2. The average molecular weight is 470 g/mol. The molecule has 1 aromatic heterocycles. The second kappa shape index (κ2) is 8.40. The van der Waals surface area contributed by atoms with Gasteiger partial charge in [-0.05, 0) is 55.5 Å². The van der Waals surface area contributed by atoms with E-state index in [9.17, 15) is 13.6 Å². The molecule has 5 rings (SSSR count). The van der Waals surface area contributed by atoms with E-state index in [0.29, 0.717) is 5.56 Å². The van der Waals surface area contributed by atoms with Crippen LogP contribution < -0.4 is 0 Å². The van der Waals surface area contributed by atoms with Crippen molar-refractivity contribution in [3.8, 4) is 17.2 Å². The van der Waals surface area contributed by atoms with Crippen LogP contribution in [0.1, 0.15) is 22.8 Å². The van der Waals surface area contributed by atoms with Crippen LogP contribution in [0.25, 0.3) is 25.1 Å². The van der Waals surface area contributed by atoms with Crippen molar-refractivity contribution in [2.75, 3.05) is 0 Å². The van der Waals surface area contributed by atoms with E-state index in [1.165, 1.54) is 33.2 Å². The van der Waals surface area contributed by atoms with Crippen LogP contribution in [0.5, 0.6) is 0 Å². The van der Waals surface area contributed by atoms with E-state index in [1.807, 2.05) is 42.5 Å². The van der Waals surface area contributed by atoms with E-state index >= 15 is 0 Å². The van der Waals surface area contributed by atoms with Gasteiger partial charge >= 0.3 is 5.97 Å². The molecule has 0 spiro atoms. The molecule has 1 heterocycles. The highest BCUT2D eigenvalue weighted by Crippen LogP contribution is 2.48. The highest BCUT2D eigenvalue weighted by atomic mass is 32.2. The van der Waals surface area contributed by atoms with Gasteiger partial charge in [0.05, 0.1) is 5.56 Å². The molecule has 0 N–H and O–H groups in total. The summed E-state index contributed by atoms with van der Waals surface area (Å²) in [6, 6.07) is 27.0. The zero-order chi connectivity index (χ0) is 23.9. The maximum atomic E-state index is 13.8. The van der Waals surface area contributed by atoms with Gasteiger partial charge in [-0.1, -0.05) is 42.3 Å². The van der Waals surface area contributed by atoms with Gasteiger partial charge in [0.1, 0.15) is 0 Å². The van der Waals surface area contributed by atoms with Gasteiger partial charge in [0.2, 0.25) is 0 Å². The van der Waals surface area contributed by atoms with E-state index in [2.05, 4.69) is 30.2 Å². The molecule has 2 nitrogen and oxygen atoms in total. The zero-order valence-corrected chi connectivity index (χ0v) is 19.0. The third kappa shape index (κ3) is 3.63. The molecule has 0 fully saturated rings. The molecular formula is C29H19F2O2S+. The summed E-state index contributed by atoms with van der Waals surface area (Å²) in [6.07, 6.45) is 5.65. The Morgan fingerprint density at radius 1 is 0.853 bits per heavy atom. The van der Waals surface area contributed by atoms with E-state index in [0.717, 1.165) is 17.0 Å². The number of rotatable bonds is 4. The van der Waals surface area contributed by atoms with Crippen LogP contribution in [-0.4, -0.2) is 5.97 Å². The topological polar surface area (TPSA) is 26.3 Å². The fraction of sp³-hybridized carbons (Fsp3) is 0.0690. The summed E-state index contributed by atoms with van der Waals surface area (Å²) in [5.74, 6) is -0.293. The standard InChI is InChI=1S/C29H19F2O2S/c1-3-29(2,20-15-16-24(30)25(31)18-20)33-28(32)19-9-8-10-21(17-19)34-26-13-6-4-11-22(26)23-12-5-7-14-27(23)34/h1,4-18H,2H3/q+1. The van der Waals surface area contributed by atoms with Crippen LogP contribution in [-0.2, 0) is 10.3 Å². The SMILES string of the molecule is C#CC(C)(OC(=O)c1cccc(-[s+]2c3ccccc3c3ccccc32)c1)c1ccc(F)c(F)c1. The quantitative estimate of drug-likeness (QED) is 0.153. The number of benzene rings is 4. The molecule has 1 atom stereocenters. The van der Waals surface area contributed by atoms with Crippen molar-refractivity contribution >= 4 is 36.6 Å². The van der Waals surface area contributed by atoms with Crippen molar-refractivity contribution < 1.29 is 18.3 Å². The summed E-state index contributed by atoms with van der Waals surface area (Å²) in [5, 5.41) is 2.38. The van der Waals surface area contributed by atoms with Crippen molar-refractivity contribution in [2.24, 2.45) is 0 Å². The van der Waals surface area contributed by atoms with Crippen molar-refractivity contribution in [1.29, 1.82) is 0 Å². The Bertz CT molecular complexity index is 1560. The van der Waals surface area contributed by atoms with Crippen molar-refractivity contribution in [3.63, 3.8) is 0 Å². The zero-order valence-electron chi connectivity index (χ0n) is 18.2. The fourth-order valence-electron chi connectivity index (χ4n) is 4.07. The monoisotopic (exact) mass is 469 g/mol. The first-order valence-electron chi connectivity index (χ1n) is 10.6. The lowest BCUT2D eigenvalue weighted by Crippen LogP contribution is -2.27. The Kier molecular flexibility index (Phi) is 5.39. The Morgan fingerprint density at radius 3 is 2.12 bits per heavy atom. The molecule has 166 valence electrons. The lowest BCUT2D eigenvalue weighted by atomic mass is 9.96. The minimum atomic E-state index is -1.56. The summed E-state index contributed by atoms with van der Waals surface area (Å²) in [5.41, 5.74) is -1.05. The number of thiophene rings is 1. The molecule has 0 aliphatic heterocycles. The molecule has 5 aromatic rings. The maximum Gasteiger partial charge on any atom is 0.340 e. The maximum absolute atomic E-state index is 13.8. The summed E-state index contributed by atoms with van der Waals surface area (Å²) >= 11 is 0. The lowest BCUT2D eigenvalue weighted by Gasteiger charge is -2.24.